The Morgan fingerprint density at radius 1 is 1.13 bits per heavy atom. The van der Waals surface area contributed by atoms with Gasteiger partial charge in [-0.25, -0.2) is 5.43 Å². The number of ether oxygens (including phenoxy) is 1. The number of hydrogen-bond donors (Lipinski definition) is 2. The van der Waals surface area contributed by atoms with Crippen LogP contribution in [0.15, 0.2) is 41.5 Å². The highest BCUT2D eigenvalue weighted by Gasteiger charge is 2.08. The highest BCUT2D eigenvalue weighted by atomic mass is 16.5. The first-order valence-corrected chi connectivity index (χ1v) is 7.28. The van der Waals surface area contributed by atoms with Crippen molar-refractivity contribution in [2.45, 2.75) is 20.8 Å². The summed E-state index contributed by atoms with van der Waals surface area (Å²) in [5.74, 6) is 0.589. The van der Waals surface area contributed by atoms with Crippen LogP contribution < -0.4 is 10.2 Å². The minimum absolute atomic E-state index is 0.0992. The van der Waals surface area contributed by atoms with Crippen molar-refractivity contribution >= 4 is 12.1 Å². The predicted molar refractivity (Wildman–Crippen MR) is 90.0 cm³/mol. The van der Waals surface area contributed by atoms with Gasteiger partial charge in [-0.3, -0.25) is 4.79 Å². The number of nitrogens with zero attached hydrogens (tertiary/aromatic N) is 1. The van der Waals surface area contributed by atoms with Gasteiger partial charge in [0.15, 0.2) is 6.61 Å². The standard InChI is InChI=1S/C18H20N2O3/c1-12-4-5-13(2)18(14(12)3)23-11-17(22)20-19-10-15-6-8-16(21)9-7-15/h4-10,21H,11H2,1-3H3,(H,20,22)/b19-10-. The van der Waals surface area contributed by atoms with Crippen LogP contribution in [-0.2, 0) is 4.79 Å². The molecule has 0 aromatic heterocycles. The molecule has 2 N–H and O–H groups in total. The topological polar surface area (TPSA) is 70.9 Å². The second kappa shape index (κ2) is 7.45. The molecule has 0 saturated carbocycles. The fourth-order valence-corrected chi connectivity index (χ4v) is 2.06. The number of benzene rings is 2. The van der Waals surface area contributed by atoms with Crippen LogP contribution in [0, 0.1) is 20.8 Å². The van der Waals surface area contributed by atoms with Crippen LogP contribution in [0.2, 0.25) is 0 Å². The molecule has 0 unspecified atom stereocenters. The Morgan fingerprint density at radius 2 is 1.78 bits per heavy atom. The minimum atomic E-state index is -0.333. The van der Waals surface area contributed by atoms with Crippen LogP contribution in [0.4, 0.5) is 0 Å². The molecule has 0 aliphatic carbocycles. The number of phenols is 1. The Kier molecular flexibility index (Phi) is 5.36. The van der Waals surface area contributed by atoms with Gasteiger partial charge in [0, 0.05) is 0 Å². The fourth-order valence-electron chi connectivity index (χ4n) is 2.06. The zero-order chi connectivity index (χ0) is 16.8. The average molecular weight is 312 g/mol. The molecule has 23 heavy (non-hydrogen) atoms. The lowest BCUT2D eigenvalue weighted by Gasteiger charge is -2.13. The van der Waals surface area contributed by atoms with E-state index < -0.39 is 0 Å². The number of carbonyl (C=O) groups excluding carboxylic acids is 1. The van der Waals surface area contributed by atoms with E-state index in [-0.39, 0.29) is 18.3 Å². The molecule has 0 aliphatic rings. The normalized spacial score (nSPS) is 10.7. The van der Waals surface area contributed by atoms with Gasteiger partial charge in [0.2, 0.25) is 0 Å². The van der Waals surface area contributed by atoms with Crippen molar-refractivity contribution < 1.29 is 14.6 Å². The first-order chi connectivity index (χ1) is 11.0. The Bertz CT molecular complexity index is 722. The molecule has 0 atom stereocenters. The molecule has 5 heteroatoms. The smallest absolute Gasteiger partial charge is 0.277 e. The van der Waals surface area contributed by atoms with Gasteiger partial charge in [-0.15, -0.1) is 0 Å². The lowest BCUT2D eigenvalue weighted by atomic mass is 10.1. The van der Waals surface area contributed by atoms with E-state index in [1.165, 1.54) is 6.21 Å². The number of phenolic OH excluding ortho intramolecular Hbond substituents is 1. The van der Waals surface area contributed by atoms with Crippen molar-refractivity contribution in [1.82, 2.24) is 5.43 Å². The summed E-state index contributed by atoms with van der Waals surface area (Å²) in [5.41, 5.74) is 6.33. The number of aryl methyl sites for hydroxylation is 2. The van der Waals surface area contributed by atoms with Crippen molar-refractivity contribution in [3.05, 3.63) is 58.7 Å². The second-order valence-electron chi connectivity index (χ2n) is 5.33. The second-order valence-corrected chi connectivity index (χ2v) is 5.33. The van der Waals surface area contributed by atoms with Gasteiger partial charge in [-0.2, -0.15) is 5.10 Å². The molecule has 2 aromatic rings. The molecule has 0 spiro atoms. The minimum Gasteiger partial charge on any atom is -0.508 e. The SMILES string of the molecule is Cc1ccc(C)c(OCC(=O)N/N=C\c2ccc(O)cc2)c1C. The van der Waals surface area contributed by atoms with Gasteiger partial charge in [0.05, 0.1) is 6.21 Å². The molecular formula is C18H20N2O3. The van der Waals surface area contributed by atoms with Crippen molar-refractivity contribution in [1.29, 1.82) is 0 Å². The number of aromatic hydroxyl groups is 1. The first-order valence-electron chi connectivity index (χ1n) is 7.28. The first kappa shape index (κ1) is 16.5. The summed E-state index contributed by atoms with van der Waals surface area (Å²) < 4.78 is 5.61. The van der Waals surface area contributed by atoms with Crippen LogP contribution in [0.3, 0.4) is 0 Å². The van der Waals surface area contributed by atoms with Crippen molar-refractivity contribution in [3.63, 3.8) is 0 Å². The highest BCUT2D eigenvalue weighted by Crippen LogP contribution is 2.25. The Morgan fingerprint density at radius 3 is 2.48 bits per heavy atom. The number of hydrogen-bond acceptors (Lipinski definition) is 4. The lowest BCUT2D eigenvalue weighted by molar-refractivity contribution is -0.123. The quantitative estimate of drug-likeness (QED) is 0.659. The summed E-state index contributed by atoms with van der Waals surface area (Å²) in [6.45, 7) is 5.82. The van der Waals surface area contributed by atoms with Gasteiger partial charge in [-0.1, -0.05) is 12.1 Å². The van der Waals surface area contributed by atoms with E-state index in [0.29, 0.717) is 0 Å². The third kappa shape index (κ3) is 4.57. The van der Waals surface area contributed by atoms with Crippen LogP contribution in [0.5, 0.6) is 11.5 Å². The molecule has 2 rings (SSSR count). The molecule has 0 saturated heterocycles. The largest absolute Gasteiger partial charge is 0.508 e. The Labute approximate surface area is 135 Å². The zero-order valence-corrected chi connectivity index (χ0v) is 13.5. The van der Waals surface area contributed by atoms with Gasteiger partial charge in [-0.05, 0) is 67.3 Å². The van der Waals surface area contributed by atoms with E-state index in [0.717, 1.165) is 28.0 Å². The molecular weight excluding hydrogens is 292 g/mol. The van der Waals surface area contributed by atoms with Gasteiger partial charge in [0.1, 0.15) is 11.5 Å². The number of amides is 1. The molecule has 0 heterocycles. The van der Waals surface area contributed by atoms with Crippen LogP contribution in [0.25, 0.3) is 0 Å². The lowest BCUT2D eigenvalue weighted by Crippen LogP contribution is -2.25. The van der Waals surface area contributed by atoms with Crippen LogP contribution >= 0.6 is 0 Å². The maximum absolute atomic E-state index is 11.8. The molecule has 2 aromatic carbocycles. The van der Waals surface area contributed by atoms with E-state index >= 15 is 0 Å². The van der Waals surface area contributed by atoms with Gasteiger partial charge >= 0.3 is 0 Å². The third-order valence-corrected chi connectivity index (χ3v) is 3.52. The summed E-state index contributed by atoms with van der Waals surface area (Å²) in [6, 6.07) is 10.5. The fraction of sp³-hybridized carbons (Fsp3) is 0.222. The zero-order valence-electron chi connectivity index (χ0n) is 13.5. The average Bonchev–Trinajstić information content (AvgIpc) is 2.53. The Balaban J connectivity index is 1.88. The maximum atomic E-state index is 11.8. The summed E-state index contributed by atoms with van der Waals surface area (Å²) in [6.07, 6.45) is 1.50. The van der Waals surface area contributed by atoms with Crippen molar-refractivity contribution in [2.75, 3.05) is 6.61 Å². The molecule has 0 bridgehead atoms. The van der Waals surface area contributed by atoms with Crippen molar-refractivity contribution in [2.24, 2.45) is 5.10 Å². The van der Waals surface area contributed by atoms with Crippen LogP contribution in [0.1, 0.15) is 22.3 Å². The van der Waals surface area contributed by atoms with E-state index in [1.807, 2.05) is 32.9 Å². The predicted octanol–water partition coefficient (Wildman–Crippen LogP) is 2.85. The van der Waals surface area contributed by atoms with Gasteiger partial charge in [0.25, 0.3) is 5.91 Å². The number of nitrogens with one attached hydrogen (secondary N) is 1. The van der Waals surface area contributed by atoms with E-state index in [9.17, 15) is 9.90 Å². The summed E-state index contributed by atoms with van der Waals surface area (Å²) in [4.78, 5) is 11.8. The summed E-state index contributed by atoms with van der Waals surface area (Å²) >= 11 is 0. The van der Waals surface area contributed by atoms with E-state index in [4.69, 9.17) is 4.74 Å². The molecule has 5 nitrogen and oxygen atoms in total. The van der Waals surface area contributed by atoms with E-state index in [1.54, 1.807) is 24.3 Å². The number of rotatable bonds is 5. The monoisotopic (exact) mass is 312 g/mol. The van der Waals surface area contributed by atoms with E-state index in [2.05, 4.69) is 10.5 Å². The third-order valence-electron chi connectivity index (χ3n) is 3.52. The highest BCUT2D eigenvalue weighted by molar-refractivity contribution is 5.83. The maximum Gasteiger partial charge on any atom is 0.277 e. The summed E-state index contributed by atoms with van der Waals surface area (Å²) in [7, 11) is 0. The summed E-state index contributed by atoms with van der Waals surface area (Å²) in [5, 5.41) is 13.0. The molecule has 0 aliphatic heterocycles. The number of carbonyl (C=O) groups is 1. The van der Waals surface area contributed by atoms with Crippen LogP contribution in [-0.4, -0.2) is 23.8 Å². The van der Waals surface area contributed by atoms with Gasteiger partial charge < -0.3 is 9.84 Å². The number of hydrazone groups is 1. The Hall–Kier alpha value is -2.82. The molecule has 0 fully saturated rings. The molecule has 1 amide bonds. The van der Waals surface area contributed by atoms with Crippen molar-refractivity contribution in [3.8, 4) is 11.5 Å². The molecule has 120 valence electrons. The molecule has 0 radical (unpaired) electrons.